The number of rotatable bonds is 0. The van der Waals surface area contributed by atoms with Gasteiger partial charge in [-0.15, -0.1) is 0 Å². The first-order chi connectivity index (χ1) is 4.86. The highest BCUT2D eigenvalue weighted by Gasteiger charge is 2.01. The van der Waals surface area contributed by atoms with Crippen molar-refractivity contribution in [3.63, 3.8) is 0 Å². The summed E-state index contributed by atoms with van der Waals surface area (Å²) in [6.45, 7) is 2.01. The fourth-order valence-electron chi connectivity index (χ4n) is 1.14. The van der Waals surface area contributed by atoms with Crippen LogP contribution in [0.15, 0.2) is 24.3 Å². The number of imidazole rings is 1. The van der Waals surface area contributed by atoms with Crippen molar-refractivity contribution in [2.24, 2.45) is 0 Å². The van der Waals surface area contributed by atoms with Gasteiger partial charge in [-0.2, -0.15) is 0 Å². The summed E-state index contributed by atoms with van der Waals surface area (Å²) in [6.07, 6.45) is 0. The molecule has 0 radical (unpaired) electrons. The molecular weight excluding hydrogens is 251 g/mol. The molecule has 0 bridgehead atoms. The number of para-hydroxylation sites is 2. The SMILES string of the molecule is Cc1[nH]c2ccccc2[nH+]1.[I-]. The number of aromatic nitrogens is 2. The van der Waals surface area contributed by atoms with Crippen molar-refractivity contribution in [2.75, 3.05) is 0 Å². The molecule has 0 unspecified atom stereocenters. The van der Waals surface area contributed by atoms with Gasteiger partial charge in [0, 0.05) is 6.92 Å². The van der Waals surface area contributed by atoms with Crippen molar-refractivity contribution in [2.45, 2.75) is 6.92 Å². The summed E-state index contributed by atoms with van der Waals surface area (Å²) < 4.78 is 0. The van der Waals surface area contributed by atoms with Crippen LogP contribution >= 0.6 is 0 Å². The van der Waals surface area contributed by atoms with E-state index in [0.717, 1.165) is 5.82 Å². The average Bonchev–Trinajstić information content (AvgIpc) is 2.27. The smallest absolute Gasteiger partial charge is 0.249 e. The molecule has 58 valence electrons. The third kappa shape index (κ3) is 1.53. The summed E-state index contributed by atoms with van der Waals surface area (Å²) in [5.74, 6) is 1.10. The van der Waals surface area contributed by atoms with Gasteiger partial charge in [0.05, 0.1) is 0 Å². The van der Waals surface area contributed by atoms with Crippen LogP contribution in [0.3, 0.4) is 0 Å². The summed E-state index contributed by atoms with van der Waals surface area (Å²) in [5.41, 5.74) is 2.33. The molecule has 11 heavy (non-hydrogen) atoms. The number of aromatic amines is 2. The zero-order valence-electron chi connectivity index (χ0n) is 6.19. The van der Waals surface area contributed by atoms with Crippen LogP contribution in [0.2, 0.25) is 0 Å². The maximum atomic E-state index is 3.20. The van der Waals surface area contributed by atoms with Gasteiger partial charge in [0.1, 0.15) is 0 Å². The zero-order valence-corrected chi connectivity index (χ0v) is 8.34. The summed E-state index contributed by atoms with van der Waals surface area (Å²) in [6, 6.07) is 8.15. The largest absolute Gasteiger partial charge is 1.00 e. The first-order valence-electron chi connectivity index (χ1n) is 3.33. The monoisotopic (exact) mass is 260 g/mol. The van der Waals surface area contributed by atoms with Crippen LogP contribution in [0.25, 0.3) is 11.0 Å². The van der Waals surface area contributed by atoms with Gasteiger partial charge >= 0.3 is 0 Å². The van der Waals surface area contributed by atoms with Gasteiger partial charge in [0.25, 0.3) is 0 Å². The molecule has 0 fully saturated rings. The Morgan fingerprint density at radius 1 is 1.27 bits per heavy atom. The number of hydrogen-bond donors (Lipinski definition) is 1. The Balaban J connectivity index is 0.000000605. The maximum Gasteiger partial charge on any atom is 0.249 e. The minimum atomic E-state index is 0. The van der Waals surface area contributed by atoms with E-state index < -0.39 is 0 Å². The summed E-state index contributed by atoms with van der Waals surface area (Å²) in [7, 11) is 0. The van der Waals surface area contributed by atoms with Crippen molar-refractivity contribution in [1.29, 1.82) is 0 Å². The number of fused-ring (bicyclic) bond motifs is 1. The Bertz CT molecular complexity index is 321. The van der Waals surface area contributed by atoms with Crippen molar-refractivity contribution in [3.05, 3.63) is 30.1 Å². The third-order valence-corrected chi connectivity index (χ3v) is 1.57. The topological polar surface area (TPSA) is 29.9 Å². The number of benzene rings is 1. The summed E-state index contributed by atoms with van der Waals surface area (Å²) >= 11 is 0. The lowest BCUT2D eigenvalue weighted by atomic mass is 10.3. The standard InChI is InChI=1S/C8H8N2.HI/c1-6-9-7-4-2-3-5-8(7)10-6;/h2-5H,1H3,(H,9,10);1H. The van der Waals surface area contributed by atoms with Crippen LogP contribution in [-0.4, -0.2) is 4.98 Å². The quantitative estimate of drug-likeness (QED) is 0.547. The molecule has 2 aromatic rings. The molecule has 1 heterocycles. The fraction of sp³-hybridized carbons (Fsp3) is 0.125. The predicted octanol–water partition coefficient (Wildman–Crippen LogP) is -1.71. The number of nitrogens with one attached hydrogen (secondary N) is 2. The second-order valence-corrected chi connectivity index (χ2v) is 2.42. The summed E-state index contributed by atoms with van der Waals surface area (Å²) in [4.78, 5) is 6.41. The van der Waals surface area contributed by atoms with Gasteiger partial charge in [-0.1, -0.05) is 12.1 Å². The molecule has 1 aromatic heterocycles. The van der Waals surface area contributed by atoms with Crippen LogP contribution in [-0.2, 0) is 0 Å². The lowest BCUT2D eigenvalue weighted by Gasteiger charge is -1.76. The Labute approximate surface area is 82.1 Å². The first kappa shape index (κ1) is 8.52. The lowest BCUT2D eigenvalue weighted by Crippen LogP contribution is -3.00. The van der Waals surface area contributed by atoms with E-state index in [4.69, 9.17) is 0 Å². The molecule has 3 heteroatoms. The highest BCUT2D eigenvalue weighted by molar-refractivity contribution is 5.70. The van der Waals surface area contributed by atoms with Gasteiger partial charge in [0.2, 0.25) is 5.82 Å². The highest BCUT2D eigenvalue weighted by atomic mass is 127. The Hall–Kier alpha value is -0.580. The molecule has 0 amide bonds. The van der Waals surface area contributed by atoms with Gasteiger partial charge in [-0.25, -0.2) is 9.97 Å². The molecule has 0 spiro atoms. The van der Waals surface area contributed by atoms with E-state index in [0.29, 0.717) is 0 Å². The average molecular weight is 260 g/mol. The third-order valence-electron chi connectivity index (χ3n) is 1.57. The van der Waals surface area contributed by atoms with Gasteiger partial charge in [-0.3, -0.25) is 0 Å². The molecule has 0 aliphatic carbocycles. The molecule has 0 aliphatic heterocycles. The van der Waals surface area contributed by atoms with Crippen LogP contribution < -0.4 is 29.0 Å². The molecule has 0 aliphatic rings. The van der Waals surface area contributed by atoms with Crippen LogP contribution in [0.5, 0.6) is 0 Å². The van der Waals surface area contributed by atoms with E-state index in [1.54, 1.807) is 0 Å². The van der Waals surface area contributed by atoms with E-state index in [-0.39, 0.29) is 24.0 Å². The lowest BCUT2D eigenvalue weighted by molar-refractivity contribution is -0.354. The maximum absolute atomic E-state index is 3.20. The van der Waals surface area contributed by atoms with Crippen molar-refractivity contribution in [1.82, 2.24) is 4.98 Å². The van der Waals surface area contributed by atoms with E-state index in [1.807, 2.05) is 19.1 Å². The minimum Gasteiger partial charge on any atom is -1.00 e. The number of aryl methyl sites for hydroxylation is 1. The normalized spacial score (nSPS) is 9.55. The fourth-order valence-corrected chi connectivity index (χ4v) is 1.14. The summed E-state index contributed by atoms with van der Waals surface area (Å²) in [5, 5.41) is 0. The molecule has 0 saturated carbocycles. The van der Waals surface area contributed by atoms with E-state index in [1.165, 1.54) is 11.0 Å². The van der Waals surface area contributed by atoms with Crippen molar-refractivity contribution >= 4 is 11.0 Å². The number of hydrogen-bond acceptors (Lipinski definition) is 0. The van der Waals surface area contributed by atoms with Crippen molar-refractivity contribution in [3.8, 4) is 0 Å². The van der Waals surface area contributed by atoms with E-state index >= 15 is 0 Å². The van der Waals surface area contributed by atoms with E-state index in [2.05, 4.69) is 22.1 Å². The Kier molecular flexibility index (Phi) is 2.49. The molecular formula is C8H9IN2. The Morgan fingerprint density at radius 2 is 2.00 bits per heavy atom. The second-order valence-electron chi connectivity index (χ2n) is 2.42. The number of halogens is 1. The zero-order chi connectivity index (χ0) is 6.97. The highest BCUT2D eigenvalue weighted by Crippen LogP contribution is 2.04. The van der Waals surface area contributed by atoms with Crippen LogP contribution in [0.4, 0.5) is 0 Å². The molecule has 2 N–H and O–H groups in total. The molecule has 1 aromatic carbocycles. The Morgan fingerprint density at radius 3 is 2.73 bits per heavy atom. The minimum absolute atomic E-state index is 0. The first-order valence-corrected chi connectivity index (χ1v) is 3.33. The van der Waals surface area contributed by atoms with Gasteiger partial charge in [0.15, 0.2) is 11.0 Å². The second kappa shape index (κ2) is 3.21. The van der Waals surface area contributed by atoms with Crippen molar-refractivity contribution < 1.29 is 29.0 Å². The van der Waals surface area contributed by atoms with Gasteiger partial charge in [-0.05, 0) is 12.1 Å². The van der Waals surface area contributed by atoms with Crippen LogP contribution in [0, 0.1) is 6.92 Å². The molecule has 2 rings (SSSR count). The predicted molar refractivity (Wildman–Crippen MR) is 39.6 cm³/mol. The molecule has 0 atom stereocenters. The van der Waals surface area contributed by atoms with E-state index in [9.17, 15) is 0 Å². The van der Waals surface area contributed by atoms with Gasteiger partial charge < -0.3 is 24.0 Å². The molecule has 2 nitrogen and oxygen atoms in total. The molecule has 0 saturated heterocycles. The van der Waals surface area contributed by atoms with Crippen LogP contribution in [0.1, 0.15) is 5.82 Å². The number of H-pyrrole nitrogens is 2.